The Balaban J connectivity index is 1.87. The van der Waals surface area contributed by atoms with Gasteiger partial charge in [0.05, 0.1) is 0 Å². The van der Waals surface area contributed by atoms with Crippen LogP contribution in [-0.2, 0) is 11.2 Å². The van der Waals surface area contributed by atoms with E-state index >= 15 is 0 Å². The molecular formula is C20H23Cl2N3O2S. The van der Waals surface area contributed by atoms with E-state index in [9.17, 15) is 9.59 Å². The standard InChI is InChI=1S/C20H23Cl2N3O2S/c1-2-13-8-6-7-11-15(13)25(20(27)18-17(21)19(22)28-24-18)12-16(26)23-14-9-4-3-5-10-14/h6-8,11,14H,2-5,9-10,12H2,1H3,(H,23,26). The molecule has 8 heteroatoms. The highest BCUT2D eigenvalue weighted by Gasteiger charge is 2.28. The van der Waals surface area contributed by atoms with Gasteiger partial charge in [-0.2, -0.15) is 4.37 Å². The van der Waals surface area contributed by atoms with E-state index in [2.05, 4.69) is 9.69 Å². The fraction of sp³-hybridized carbons (Fsp3) is 0.450. The smallest absolute Gasteiger partial charge is 0.280 e. The number of benzene rings is 1. The van der Waals surface area contributed by atoms with Gasteiger partial charge in [0.1, 0.15) is 15.9 Å². The van der Waals surface area contributed by atoms with Crippen LogP contribution in [-0.4, -0.2) is 28.8 Å². The molecule has 1 heterocycles. The Labute approximate surface area is 179 Å². The summed E-state index contributed by atoms with van der Waals surface area (Å²) >= 11 is 13.1. The molecular weight excluding hydrogens is 417 g/mol. The molecule has 1 fully saturated rings. The summed E-state index contributed by atoms with van der Waals surface area (Å²) in [6.45, 7) is 1.92. The number of nitrogens with zero attached hydrogens (tertiary/aromatic N) is 2. The third-order valence-corrected chi connectivity index (χ3v) is 6.59. The summed E-state index contributed by atoms with van der Waals surface area (Å²) in [4.78, 5) is 27.4. The Hall–Kier alpha value is -1.63. The van der Waals surface area contributed by atoms with Crippen molar-refractivity contribution in [3.05, 3.63) is 44.9 Å². The van der Waals surface area contributed by atoms with Gasteiger partial charge in [-0.3, -0.25) is 14.5 Å². The van der Waals surface area contributed by atoms with Crippen molar-refractivity contribution in [1.82, 2.24) is 9.69 Å². The topological polar surface area (TPSA) is 62.3 Å². The summed E-state index contributed by atoms with van der Waals surface area (Å²) in [6, 6.07) is 7.73. The van der Waals surface area contributed by atoms with Crippen LogP contribution >= 0.6 is 34.7 Å². The fourth-order valence-electron chi connectivity index (χ4n) is 3.52. The summed E-state index contributed by atoms with van der Waals surface area (Å²) in [5.74, 6) is -0.601. The SMILES string of the molecule is CCc1ccccc1N(CC(=O)NC1CCCCC1)C(=O)c1nsc(Cl)c1Cl. The van der Waals surface area contributed by atoms with Crippen molar-refractivity contribution in [2.45, 2.75) is 51.5 Å². The number of nitrogens with one attached hydrogen (secondary N) is 1. The Morgan fingerprint density at radius 1 is 1.21 bits per heavy atom. The maximum Gasteiger partial charge on any atom is 0.280 e. The number of carbonyl (C=O) groups excluding carboxylic acids is 2. The Bertz CT molecular complexity index is 850. The molecule has 0 unspecified atom stereocenters. The second-order valence-electron chi connectivity index (χ2n) is 6.89. The summed E-state index contributed by atoms with van der Waals surface area (Å²) in [5.41, 5.74) is 1.74. The van der Waals surface area contributed by atoms with E-state index in [0.717, 1.165) is 49.2 Å². The number of para-hydroxylation sites is 1. The summed E-state index contributed by atoms with van der Waals surface area (Å²) in [5, 5.41) is 3.20. The highest BCUT2D eigenvalue weighted by atomic mass is 35.5. The van der Waals surface area contributed by atoms with Crippen LogP contribution in [0.4, 0.5) is 5.69 Å². The molecule has 0 radical (unpaired) electrons. The number of carbonyl (C=O) groups is 2. The highest BCUT2D eigenvalue weighted by Crippen LogP contribution is 2.32. The first-order chi connectivity index (χ1) is 13.5. The molecule has 28 heavy (non-hydrogen) atoms. The lowest BCUT2D eigenvalue weighted by molar-refractivity contribution is -0.120. The van der Waals surface area contributed by atoms with E-state index < -0.39 is 5.91 Å². The lowest BCUT2D eigenvalue weighted by Gasteiger charge is -2.27. The second-order valence-corrected chi connectivity index (χ2v) is 8.65. The van der Waals surface area contributed by atoms with Crippen molar-refractivity contribution in [3.8, 4) is 0 Å². The maximum atomic E-state index is 13.2. The molecule has 0 spiro atoms. The number of rotatable bonds is 6. The van der Waals surface area contributed by atoms with Crippen LogP contribution in [0.3, 0.4) is 0 Å². The molecule has 1 aliphatic rings. The molecule has 150 valence electrons. The Morgan fingerprint density at radius 3 is 2.57 bits per heavy atom. The van der Waals surface area contributed by atoms with Gasteiger partial charge in [-0.25, -0.2) is 0 Å². The molecule has 0 saturated heterocycles. The Kier molecular flexibility index (Phi) is 7.32. The van der Waals surface area contributed by atoms with Gasteiger partial charge in [-0.05, 0) is 42.4 Å². The lowest BCUT2D eigenvalue weighted by Crippen LogP contribution is -2.45. The number of hydrogen-bond acceptors (Lipinski definition) is 4. The Morgan fingerprint density at radius 2 is 1.93 bits per heavy atom. The number of halogens is 2. The van der Waals surface area contributed by atoms with E-state index in [1.807, 2.05) is 31.2 Å². The maximum absolute atomic E-state index is 13.2. The van der Waals surface area contributed by atoms with Crippen LogP contribution in [0.5, 0.6) is 0 Å². The van der Waals surface area contributed by atoms with Crippen LogP contribution in [0.2, 0.25) is 9.36 Å². The molecule has 3 rings (SSSR count). The van der Waals surface area contributed by atoms with Gasteiger partial charge >= 0.3 is 0 Å². The molecule has 1 aliphatic carbocycles. The molecule has 0 atom stereocenters. The normalized spacial score (nSPS) is 14.7. The molecule has 1 saturated carbocycles. The number of amides is 2. The van der Waals surface area contributed by atoms with E-state index in [1.165, 1.54) is 11.3 Å². The average Bonchev–Trinajstić information content (AvgIpc) is 3.05. The molecule has 2 aromatic rings. The van der Waals surface area contributed by atoms with Crippen LogP contribution < -0.4 is 10.2 Å². The minimum absolute atomic E-state index is 0.0769. The van der Waals surface area contributed by atoms with Crippen LogP contribution in [0.15, 0.2) is 24.3 Å². The first-order valence-electron chi connectivity index (χ1n) is 9.51. The largest absolute Gasteiger partial charge is 0.352 e. The predicted molar refractivity (Wildman–Crippen MR) is 115 cm³/mol. The summed E-state index contributed by atoms with van der Waals surface area (Å²) in [7, 11) is 0. The van der Waals surface area contributed by atoms with Crippen molar-refractivity contribution in [3.63, 3.8) is 0 Å². The molecule has 0 aliphatic heterocycles. The van der Waals surface area contributed by atoms with Gasteiger partial charge in [0.25, 0.3) is 5.91 Å². The van der Waals surface area contributed by atoms with Gasteiger partial charge in [-0.15, -0.1) is 0 Å². The minimum atomic E-state index is -0.423. The van der Waals surface area contributed by atoms with Crippen molar-refractivity contribution in [2.24, 2.45) is 0 Å². The third-order valence-electron chi connectivity index (χ3n) is 4.98. The monoisotopic (exact) mass is 439 g/mol. The number of aryl methyl sites for hydroxylation is 1. The number of hydrogen-bond donors (Lipinski definition) is 1. The summed E-state index contributed by atoms with van der Waals surface area (Å²) in [6.07, 6.45) is 6.16. The van der Waals surface area contributed by atoms with Gasteiger partial charge in [0.15, 0.2) is 5.69 Å². The fourth-order valence-corrected chi connectivity index (χ4v) is 4.51. The third kappa shape index (κ3) is 4.85. The predicted octanol–water partition coefficient (Wildman–Crippen LogP) is 5.11. The minimum Gasteiger partial charge on any atom is -0.352 e. The summed E-state index contributed by atoms with van der Waals surface area (Å²) < 4.78 is 4.36. The van der Waals surface area contributed by atoms with Gasteiger partial charge in [-0.1, -0.05) is 67.6 Å². The first kappa shape index (κ1) is 21.1. The van der Waals surface area contributed by atoms with E-state index in [-0.39, 0.29) is 33.5 Å². The van der Waals surface area contributed by atoms with E-state index in [0.29, 0.717) is 5.69 Å². The van der Waals surface area contributed by atoms with E-state index in [4.69, 9.17) is 23.2 Å². The van der Waals surface area contributed by atoms with Crippen molar-refractivity contribution in [1.29, 1.82) is 0 Å². The lowest BCUT2D eigenvalue weighted by atomic mass is 9.95. The van der Waals surface area contributed by atoms with Gasteiger partial charge in [0.2, 0.25) is 5.91 Å². The van der Waals surface area contributed by atoms with Crippen LogP contribution in [0.25, 0.3) is 0 Å². The molecule has 1 N–H and O–H groups in total. The van der Waals surface area contributed by atoms with Crippen molar-refractivity contribution in [2.75, 3.05) is 11.4 Å². The number of aromatic nitrogens is 1. The number of anilines is 1. The molecule has 5 nitrogen and oxygen atoms in total. The molecule has 2 amide bonds. The zero-order chi connectivity index (χ0) is 20.1. The molecule has 1 aromatic carbocycles. The van der Waals surface area contributed by atoms with Crippen LogP contribution in [0, 0.1) is 0 Å². The average molecular weight is 440 g/mol. The first-order valence-corrected chi connectivity index (χ1v) is 11.0. The highest BCUT2D eigenvalue weighted by molar-refractivity contribution is 7.11. The van der Waals surface area contributed by atoms with Crippen molar-refractivity contribution < 1.29 is 9.59 Å². The molecule has 1 aromatic heterocycles. The molecule has 0 bridgehead atoms. The van der Waals surface area contributed by atoms with Gasteiger partial charge < -0.3 is 5.32 Å². The van der Waals surface area contributed by atoms with Gasteiger partial charge in [0, 0.05) is 11.7 Å². The quantitative estimate of drug-likeness (QED) is 0.679. The van der Waals surface area contributed by atoms with Crippen molar-refractivity contribution >= 4 is 52.2 Å². The zero-order valence-corrected chi connectivity index (χ0v) is 18.0. The van der Waals surface area contributed by atoms with Crippen LogP contribution in [0.1, 0.15) is 55.1 Å². The van der Waals surface area contributed by atoms with E-state index in [1.54, 1.807) is 0 Å². The second kappa shape index (κ2) is 9.72. The zero-order valence-electron chi connectivity index (χ0n) is 15.7.